The average Bonchev–Trinajstić information content (AvgIpc) is 2.71. The Kier molecular flexibility index (Phi) is 6.61. The van der Waals surface area contributed by atoms with Crippen LogP contribution >= 0.6 is 0 Å². The van der Waals surface area contributed by atoms with Gasteiger partial charge >= 0.3 is 12.3 Å². The van der Waals surface area contributed by atoms with Gasteiger partial charge in [0.15, 0.2) is 0 Å². The second kappa shape index (κ2) is 9.03. The first-order valence-electron chi connectivity index (χ1n) is 9.53. The van der Waals surface area contributed by atoms with Gasteiger partial charge in [0.1, 0.15) is 6.61 Å². The first-order chi connectivity index (χ1) is 14.5. The molecule has 0 aliphatic carbocycles. The number of amides is 1. The number of nitrogens with one attached hydrogen (secondary N) is 1. The van der Waals surface area contributed by atoms with E-state index in [0.29, 0.717) is 12.4 Å². The Labute approximate surface area is 175 Å². The molecule has 3 rings (SSSR count). The molecule has 6 nitrogen and oxygen atoms in total. The second-order valence-electron chi connectivity index (χ2n) is 7.38. The van der Waals surface area contributed by atoms with Crippen LogP contribution in [-0.2, 0) is 17.5 Å². The third kappa shape index (κ3) is 6.02. The lowest BCUT2D eigenvalue weighted by Crippen LogP contribution is -2.52. The van der Waals surface area contributed by atoms with Gasteiger partial charge in [0.25, 0.3) is 5.92 Å². The zero-order chi connectivity index (χ0) is 22.6. The summed E-state index contributed by atoms with van der Waals surface area (Å²) < 4.78 is 71.8. The monoisotopic (exact) mass is 444 g/mol. The normalized spacial score (nSPS) is 18.5. The van der Waals surface area contributed by atoms with Gasteiger partial charge in [0.2, 0.25) is 5.95 Å². The first-order valence-corrected chi connectivity index (χ1v) is 9.53. The van der Waals surface area contributed by atoms with E-state index in [-0.39, 0.29) is 32.1 Å². The smallest absolute Gasteiger partial charge is 0.419 e. The van der Waals surface area contributed by atoms with Gasteiger partial charge in [0.05, 0.1) is 12.1 Å². The summed E-state index contributed by atoms with van der Waals surface area (Å²) in [4.78, 5) is 20.1. The van der Waals surface area contributed by atoms with Crippen molar-refractivity contribution in [2.24, 2.45) is 5.92 Å². The van der Waals surface area contributed by atoms with Gasteiger partial charge in [-0.25, -0.2) is 23.5 Å². The van der Waals surface area contributed by atoms with Gasteiger partial charge in [-0.1, -0.05) is 29.8 Å². The van der Waals surface area contributed by atoms with E-state index in [9.17, 15) is 26.7 Å². The number of ether oxygens (including phenoxy) is 1. The molecule has 11 heteroatoms. The van der Waals surface area contributed by atoms with Gasteiger partial charge in [-0.05, 0) is 18.9 Å². The van der Waals surface area contributed by atoms with Crippen molar-refractivity contribution in [3.8, 4) is 0 Å². The number of carbonyl (C=O) groups excluding carboxylic acids is 1. The highest BCUT2D eigenvalue weighted by Crippen LogP contribution is 2.33. The van der Waals surface area contributed by atoms with E-state index in [1.165, 1.54) is 0 Å². The summed E-state index contributed by atoms with van der Waals surface area (Å²) >= 11 is 0. The minimum Gasteiger partial charge on any atom is -0.445 e. The predicted molar refractivity (Wildman–Crippen MR) is 102 cm³/mol. The number of halogens is 5. The van der Waals surface area contributed by atoms with Gasteiger partial charge < -0.3 is 15.0 Å². The van der Waals surface area contributed by atoms with E-state index in [1.54, 1.807) is 12.1 Å². The maximum absolute atomic E-state index is 14.5. The molecule has 0 bridgehead atoms. The number of likely N-dealkylation sites (tertiary alicyclic amines) is 1. The number of carbonyl (C=O) groups is 1. The fraction of sp³-hybridized carbons (Fsp3) is 0.450. The molecule has 1 saturated heterocycles. The number of nitrogens with zero attached hydrogens (tertiary/aromatic N) is 3. The van der Waals surface area contributed by atoms with Crippen molar-refractivity contribution in [3.63, 3.8) is 0 Å². The minimum absolute atomic E-state index is 0.0136. The van der Waals surface area contributed by atoms with Crippen LogP contribution in [0.3, 0.4) is 0 Å². The molecule has 31 heavy (non-hydrogen) atoms. The third-order valence-corrected chi connectivity index (χ3v) is 4.97. The lowest BCUT2D eigenvalue weighted by molar-refractivity contribution is -0.138. The molecular weight excluding hydrogens is 423 g/mol. The SMILES string of the molecule is Cc1ccc(COC(=O)N2CC[C@H](CNc3ncc(C(F)(F)F)cn3)C(F)(F)C2)cc1. The van der Waals surface area contributed by atoms with Crippen LogP contribution < -0.4 is 5.32 Å². The van der Waals surface area contributed by atoms with Gasteiger partial charge in [-0.15, -0.1) is 0 Å². The summed E-state index contributed by atoms with van der Waals surface area (Å²) in [7, 11) is 0. The number of aromatic nitrogens is 2. The molecule has 1 amide bonds. The second-order valence-corrected chi connectivity index (χ2v) is 7.38. The molecular formula is C20H21F5N4O2. The molecule has 1 aromatic heterocycles. The lowest BCUT2D eigenvalue weighted by Gasteiger charge is -2.37. The Hall–Kier alpha value is -2.98. The lowest BCUT2D eigenvalue weighted by atomic mass is 9.93. The van der Waals surface area contributed by atoms with Crippen LogP contribution in [0.15, 0.2) is 36.7 Å². The molecule has 1 N–H and O–H groups in total. The Balaban J connectivity index is 1.50. The maximum atomic E-state index is 14.5. The average molecular weight is 444 g/mol. The molecule has 0 spiro atoms. The first kappa shape index (κ1) is 22.7. The molecule has 0 unspecified atom stereocenters. The summed E-state index contributed by atoms with van der Waals surface area (Å²) in [5, 5.41) is 2.54. The van der Waals surface area contributed by atoms with Crippen LogP contribution in [0.4, 0.5) is 32.7 Å². The molecule has 1 aliphatic rings. The highest BCUT2D eigenvalue weighted by atomic mass is 19.4. The highest BCUT2D eigenvalue weighted by molar-refractivity contribution is 5.68. The van der Waals surface area contributed by atoms with E-state index in [0.717, 1.165) is 16.0 Å². The Morgan fingerprint density at radius 3 is 2.45 bits per heavy atom. The number of alkyl halides is 5. The van der Waals surface area contributed by atoms with Crippen LogP contribution in [0.1, 0.15) is 23.1 Å². The van der Waals surface area contributed by atoms with E-state index in [4.69, 9.17) is 4.74 Å². The van der Waals surface area contributed by atoms with Crippen LogP contribution in [0.2, 0.25) is 0 Å². The third-order valence-electron chi connectivity index (χ3n) is 4.97. The van der Waals surface area contributed by atoms with E-state index in [2.05, 4.69) is 15.3 Å². The van der Waals surface area contributed by atoms with Crippen molar-refractivity contribution in [1.29, 1.82) is 0 Å². The quantitative estimate of drug-likeness (QED) is 0.688. The summed E-state index contributed by atoms with van der Waals surface area (Å²) in [5.41, 5.74) is 0.772. The molecule has 1 aromatic carbocycles. The van der Waals surface area contributed by atoms with Crippen molar-refractivity contribution in [2.45, 2.75) is 32.1 Å². The van der Waals surface area contributed by atoms with Crippen LogP contribution in [0, 0.1) is 12.8 Å². The standard InChI is InChI=1S/C20H21F5N4O2/c1-13-2-4-14(5-3-13)11-31-18(30)29-7-6-15(19(21,22)12-29)8-26-17-27-9-16(10-28-17)20(23,24)25/h2-5,9-10,15H,6-8,11-12H2,1H3,(H,26,27,28)/t15-/m1/s1. The van der Waals surface area contributed by atoms with Crippen molar-refractivity contribution in [2.75, 3.05) is 25.0 Å². The molecule has 0 saturated carbocycles. The number of hydrogen-bond donors (Lipinski definition) is 1. The fourth-order valence-electron chi connectivity index (χ4n) is 3.09. The van der Waals surface area contributed by atoms with Crippen molar-refractivity contribution in [1.82, 2.24) is 14.9 Å². The van der Waals surface area contributed by atoms with Gasteiger partial charge in [-0.2, -0.15) is 13.2 Å². The van der Waals surface area contributed by atoms with Crippen LogP contribution in [0.25, 0.3) is 0 Å². The molecule has 1 fully saturated rings. The van der Waals surface area contributed by atoms with Crippen molar-refractivity contribution < 1.29 is 31.5 Å². The fourth-order valence-corrected chi connectivity index (χ4v) is 3.09. The van der Waals surface area contributed by atoms with Crippen molar-refractivity contribution in [3.05, 3.63) is 53.3 Å². The highest BCUT2D eigenvalue weighted by Gasteiger charge is 2.46. The molecule has 1 aliphatic heterocycles. The number of anilines is 1. The van der Waals surface area contributed by atoms with E-state index >= 15 is 0 Å². The van der Waals surface area contributed by atoms with Crippen LogP contribution in [0.5, 0.6) is 0 Å². The molecule has 1 atom stereocenters. The number of rotatable bonds is 5. The number of aryl methyl sites for hydroxylation is 1. The molecule has 0 radical (unpaired) electrons. The van der Waals surface area contributed by atoms with Gasteiger partial charge in [-0.3, -0.25) is 0 Å². The van der Waals surface area contributed by atoms with E-state index < -0.39 is 36.2 Å². The summed E-state index contributed by atoms with van der Waals surface area (Å²) in [6, 6.07) is 7.29. The zero-order valence-electron chi connectivity index (χ0n) is 16.6. The molecule has 2 heterocycles. The summed E-state index contributed by atoms with van der Waals surface area (Å²) in [5.74, 6) is -4.52. The number of benzene rings is 1. The molecule has 2 aromatic rings. The maximum Gasteiger partial charge on any atom is 0.419 e. The number of piperidine rings is 1. The topological polar surface area (TPSA) is 67.3 Å². The summed E-state index contributed by atoms with van der Waals surface area (Å²) in [6.07, 6.45) is -4.25. The number of hydrogen-bond acceptors (Lipinski definition) is 5. The van der Waals surface area contributed by atoms with Gasteiger partial charge in [0, 0.05) is 31.4 Å². The van der Waals surface area contributed by atoms with E-state index in [1.807, 2.05) is 19.1 Å². The van der Waals surface area contributed by atoms with Crippen molar-refractivity contribution >= 4 is 12.0 Å². The Bertz CT molecular complexity index is 888. The minimum atomic E-state index is -4.58. The van der Waals surface area contributed by atoms with Crippen LogP contribution in [-0.4, -0.2) is 46.5 Å². The largest absolute Gasteiger partial charge is 0.445 e. The summed E-state index contributed by atoms with van der Waals surface area (Å²) in [6.45, 7) is 0.922. The Morgan fingerprint density at radius 1 is 1.23 bits per heavy atom. The Morgan fingerprint density at radius 2 is 1.87 bits per heavy atom. The molecule has 168 valence electrons. The predicted octanol–water partition coefficient (Wildman–Crippen LogP) is 4.51. The zero-order valence-corrected chi connectivity index (χ0v) is 16.6.